The lowest BCUT2D eigenvalue weighted by molar-refractivity contribution is 0.0250. The third kappa shape index (κ3) is 3.44. The van der Waals surface area contributed by atoms with E-state index >= 15 is 0 Å². The summed E-state index contributed by atoms with van der Waals surface area (Å²) in [6.45, 7) is 2.83. The minimum Gasteiger partial charge on any atom is -0.495 e. The normalized spacial score (nSPS) is 22.9. The first-order chi connectivity index (χ1) is 9.36. The molecule has 0 bridgehead atoms. The van der Waals surface area contributed by atoms with Crippen LogP contribution in [0.25, 0.3) is 0 Å². The van der Waals surface area contributed by atoms with E-state index in [0.717, 1.165) is 12.8 Å². The summed E-state index contributed by atoms with van der Waals surface area (Å²) in [5, 5.41) is 0.263. The lowest BCUT2D eigenvalue weighted by atomic mass is 10.0. The van der Waals surface area contributed by atoms with Crippen LogP contribution in [-0.4, -0.2) is 34.3 Å². The molecule has 1 aliphatic rings. The van der Waals surface area contributed by atoms with Gasteiger partial charge >= 0.3 is 0 Å². The molecule has 2 rings (SSSR count). The number of halogens is 1. The molecule has 1 aromatic carbocycles. The Labute approximate surface area is 124 Å². The van der Waals surface area contributed by atoms with Crippen LogP contribution < -0.4 is 9.46 Å². The molecule has 7 heteroatoms. The van der Waals surface area contributed by atoms with Crippen LogP contribution in [0.3, 0.4) is 0 Å². The van der Waals surface area contributed by atoms with E-state index in [4.69, 9.17) is 21.1 Å². The Hall–Kier alpha value is -0.820. The van der Waals surface area contributed by atoms with Crippen LogP contribution in [0.5, 0.6) is 5.75 Å². The molecule has 0 amide bonds. The molecule has 1 atom stereocenters. The third-order valence-electron chi connectivity index (χ3n) is 3.37. The molecule has 0 spiro atoms. The first-order valence-electron chi connectivity index (χ1n) is 6.33. The van der Waals surface area contributed by atoms with Crippen LogP contribution in [0.1, 0.15) is 19.8 Å². The summed E-state index contributed by atoms with van der Waals surface area (Å²) in [7, 11) is -2.13. The highest BCUT2D eigenvalue weighted by Crippen LogP contribution is 2.28. The van der Waals surface area contributed by atoms with Crippen molar-refractivity contribution in [3.63, 3.8) is 0 Å². The van der Waals surface area contributed by atoms with Crippen LogP contribution >= 0.6 is 11.6 Å². The third-order valence-corrected chi connectivity index (χ3v) is 5.06. The van der Waals surface area contributed by atoms with Crippen LogP contribution in [0.4, 0.5) is 0 Å². The van der Waals surface area contributed by atoms with Gasteiger partial charge in [0.05, 0.1) is 22.6 Å². The topological polar surface area (TPSA) is 64.6 Å². The molecule has 0 radical (unpaired) electrons. The lowest BCUT2D eigenvalue weighted by Gasteiger charge is -2.23. The van der Waals surface area contributed by atoms with Crippen molar-refractivity contribution in [2.24, 2.45) is 0 Å². The van der Waals surface area contributed by atoms with Gasteiger partial charge < -0.3 is 9.47 Å². The maximum absolute atomic E-state index is 12.2. The SMILES string of the molecule is COc1ccc(S(=O)(=O)NCC2(C)CCCO2)cc1Cl. The van der Waals surface area contributed by atoms with E-state index in [-0.39, 0.29) is 16.5 Å². The zero-order chi connectivity index (χ0) is 14.8. The standard InChI is InChI=1S/C13H18ClNO4S/c1-13(6-3-7-19-13)9-15-20(16,17)10-4-5-12(18-2)11(14)8-10/h4-5,8,15H,3,6-7,9H2,1-2H3. The van der Waals surface area contributed by atoms with Gasteiger partial charge in [-0.3, -0.25) is 0 Å². The number of rotatable bonds is 5. The fourth-order valence-corrected chi connectivity index (χ4v) is 3.63. The Balaban J connectivity index is 2.12. The second-order valence-corrected chi connectivity index (χ2v) is 7.20. The Morgan fingerprint density at radius 2 is 2.25 bits per heavy atom. The molecular weight excluding hydrogens is 302 g/mol. The predicted molar refractivity (Wildman–Crippen MR) is 76.8 cm³/mol. The van der Waals surface area contributed by atoms with Crippen molar-refractivity contribution in [2.75, 3.05) is 20.3 Å². The maximum Gasteiger partial charge on any atom is 0.240 e. The fourth-order valence-electron chi connectivity index (χ4n) is 2.12. The van der Waals surface area contributed by atoms with Gasteiger partial charge in [-0.25, -0.2) is 13.1 Å². The van der Waals surface area contributed by atoms with E-state index in [1.54, 1.807) is 0 Å². The summed E-state index contributed by atoms with van der Waals surface area (Å²) >= 11 is 5.95. The van der Waals surface area contributed by atoms with Gasteiger partial charge in [-0.15, -0.1) is 0 Å². The number of nitrogens with one attached hydrogen (secondary N) is 1. The van der Waals surface area contributed by atoms with Crippen LogP contribution in [0, 0.1) is 0 Å². The molecule has 1 N–H and O–H groups in total. The van der Waals surface area contributed by atoms with Crippen molar-refractivity contribution < 1.29 is 17.9 Å². The highest BCUT2D eigenvalue weighted by molar-refractivity contribution is 7.89. The number of ether oxygens (including phenoxy) is 2. The van der Waals surface area contributed by atoms with E-state index in [2.05, 4.69) is 4.72 Å². The number of benzene rings is 1. The van der Waals surface area contributed by atoms with Gasteiger partial charge in [-0.05, 0) is 38.0 Å². The Kier molecular flexibility index (Phi) is 4.59. The minimum atomic E-state index is -3.60. The molecule has 1 aliphatic heterocycles. The second kappa shape index (κ2) is 5.89. The summed E-state index contributed by atoms with van der Waals surface area (Å²) in [5.74, 6) is 0.441. The minimum absolute atomic E-state index is 0.116. The number of sulfonamides is 1. The van der Waals surface area contributed by atoms with E-state index in [1.165, 1.54) is 25.3 Å². The highest BCUT2D eigenvalue weighted by Gasteiger charge is 2.31. The first kappa shape index (κ1) is 15.6. The van der Waals surface area contributed by atoms with Gasteiger partial charge in [0.25, 0.3) is 0 Å². The lowest BCUT2D eigenvalue weighted by Crippen LogP contribution is -2.40. The average molecular weight is 320 g/mol. The smallest absolute Gasteiger partial charge is 0.240 e. The second-order valence-electron chi connectivity index (χ2n) is 5.02. The molecular formula is C13H18ClNO4S. The monoisotopic (exact) mass is 319 g/mol. The van der Waals surface area contributed by atoms with E-state index in [9.17, 15) is 8.42 Å². The molecule has 1 unspecified atom stereocenters. The molecule has 1 saturated heterocycles. The quantitative estimate of drug-likeness (QED) is 0.903. The zero-order valence-electron chi connectivity index (χ0n) is 11.5. The van der Waals surface area contributed by atoms with Gasteiger partial charge in [-0.2, -0.15) is 0 Å². The largest absolute Gasteiger partial charge is 0.495 e. The van der Waals surface area contributed by atoms with Gasteiger partial charge in [0.1, 0.15) is 5.75 Å². The number of hydrogen-bond acceptors (Lipinski definition) is 4. The average Bonchev–Trinajstić information content (AvgIpc) is 2.84. The first-order valence-corrected chi connectivity index (χ1v) is 8.20. The van der Waals surface area contributed by atoms with Gasteiger partial charge in [0, 0.05) is 13.2 Å². The molecule has 0 saturated carbocycles. The highest BCUT2D eigenvalue weighted by atomic mass is 35.5. The van der Waals surface area contributed by atoms with Crippen molar-refractivity contribution in [3.05, 3.63) is 23.2 Å². The summed E-state index contributed by atoms with van der Waals surface area (Å²) in [6.07, 6.45) is 1.80. The molecule has 0 aromatic heterocycles. The van der Waals surface area contributed by atoms with Crippen LogP contribution in [0.2, 0.25) is 5.02 Å². The molecule has 1 heterocycles. The Morgan fingerprint density at radius 3 is 2.80 bits per heavy atom. The van der Waals surface area contributed by atoms with Gasteiger partial charge in [0.15, 0.2) is 0 Å². The molecule has 1 aromatic rings. The van der Waals surface area contributed by atoms with E-state index in [1.807, 2.05) is 6.92 Å². The summed E-state index contributed by atoms with van der Waals surface area (Å²) in [5.41, 5.74) is -0.427. The number of methoxy groups -OCH3 is 1. The Bertz CT molecular complexity index is 582. The van der Waals surface area contributed by atoms with Crippen molar-refractivity contribution in [2.45, 2.75) is 30.3 Å². The number of hydrogen-bond donors (Lipinski definition) is 1. The predicted octanol–water partition coefficient (Wildman–Crippen LogP) is 2.20. The van der Waals surface area contributed by atoms with Gasteiger partial charge in [-0.1, -0.05) is 11.6 Å². The molecule has 1 fully saturated rings. The van der Waals surface area contributed by atoms with Crippen LogP contribution in [0.15, 0.2) is 23.1 Å². The fraction of sp³-hybridized carbons (Fsp3) is 0.538. The molecule has 20 heavy (non-hydrogen) atoms. The van der Waals surface area contributed by atoms with E-state index < -0.39 is 15.6 Å². The molecule has 0 aliphatic carbocycles. The van der Waals surface area contributed by atoms with Crippen molar-refractivity contribution >= 4 is 21.6 Å². The molecule has 112 valence electrons. The zero-order valence-corrected chi connectivity index (χ0v) is 13.1. The van der Waals surface area contributed by atoms with Gasteiger partial charge in [0.2, 0.25) is 10.0 Å². The molecule has 5 nitrogen and oxygen atoms in total. The van der Waals surface area contributed by atoms with E-state index in [0.29, 0.717) is 12.4 Å². The van der Waals surface area contributed by atoms with Crippen molar-refractivity contribution in [1.82, 2.24) is 4.72 Å². The van der Waals surface area contributed by atoms with Crippen LogP contribution in [-0.2, 0) is 14.8 Å². The van der Waals surface area contributed by atoms with Crippen molar-refractivity contribution in [3.8, 4) is 5.75 Å². The Morgan fingerprint density at radius 1 is 1.50 bits per heavy atom. The maximum atomic E-state index is 12.2. The summed E-state index contributed by atoms with van der Waals surface area (Å²) in [4.78, 5) is 0.116. The summed E-state index contributed by atoms with van der Waals surface area (Å²) in [6, 6.07) is 4.37. The van der Waals surface area contributed by atoms with Crippen molar-refractivity contribution in [1.29, 1.82) is 0 Å². The summed E-state index contributed by atoms with van der Waals surface area (Å²) < 4.78 is 37.6.